The van der Waals surface area contributed by atoms with Gasteiger partial charge >= 0.3 is 0 Å². The van der Waals surface area contributed by atoms with Crippen LogP contribution in [-0.2, 0) is 5.41 Å². The second-order valence-electron chi connectivity index (χ2n) is 8.07. The maximum Gasteiger partial charge on any atom is 0.253 e. The quantitative estimate of drug-likeness (QED) is 0.792. The highest BCUT2D eigenvalue weighted by atomic mass is 16.2. The van der Waals surface area contributed by atoms with Crippen molar-refractivity contribution in [1.29, 1.82) is 0 Å². The van der Waals surface area contributed by atoms with Gasteiger partial charge in [-0.1, -0.05) is 55.8 Å². The Morgan fingerprint density at radius 1 is 1.04 bits per heavy atom. The highest BCUT2D eigenvalue weighted by Gasteiger charge is 2.40. The van der Waals surface area contributed by atoms with Crippen LogP contribution in [0.5, 0.6) is 0 Å². The number of carbonyl (C=O) groups is 1. The minimum atomic E-state index is 0.155. The molecular formula is C22H26N2O. The van der Waals surface area contributed by atoms with Crippen molar-refractivity contribution in [3.8, 4) is 0 Å². The highest BCUT2D eigenvalue weighted by molar-refractivity contribution is 5.94. The van der Waals surface area contributed by atoms with Gasteiger partial charge < -0.3 is 4.90 Å². The smallest absolute Gasteiger partial charge is 0.253 e. The topological polar surface area (TPSA) is 23.6 Å². The predicted molar refractivity (Wildman–Crippen MR) is 101 cm³/mol. The van der Waals surface area contributed by atoms with Crippen LogP contribution in [0.15, 0.2) is 48.5 Å². The standard InChI is InChI=1S/C22H26N2O/c1-16-8-10-17(11-9-16)21(25)23-12-13-24-15-22(2,3)19-7-5-4-6-18(19)20(24)14-23/h4-11,20H,12-15H2,1-3H3. The van der Waals surface area contributed by atoms with Crippen LogP contribution in [0.2, 0.25) is 0 Å². The summed E-state index contributed by atoms with van der Waals surface area (Å²) < 4.78 is 0. The van der Waals surface area contributed by atoms with E-state index in [1.54, 1.807) is 0 Å². The number of piperazine rings is 1. The number of benzene rings is 2. The van der Waals surface area contributed by atoms with Crippen molar-refractivity contribution in [1.82, 2.24) is 9.80 Å². The van der Waals surface area contributed by atoms with Gasteiger partial charge in [0.1, 0.15) is 0 Å². The molecule has 1 unspecified atom stereocenters. The molecular weight excluding hydrogens is 308 g/mol. The van der Waals surface area contributed by atoms with Gasteiger partial charge in [-0.15, -0.1) is 0 Å². The lowest BCUT2D eigenvalue weighted by Crippen LogP contribution is -2.55. The van der Waals surface area contributed by atoms with Crippen molar-refractivity contribution in [3.63, 3.8) is 0 Å². The molecule has 2 aliphatic rings. The van der Waals surface area contributed by atoms with Crippen LogP contribution in [0.3, 0.4) is 0 Å². The van der Waals surface area contributed by atoms with Gasteiger partial charge in [0, 0.05) is 37.2 Å². The zero-order chi connectivity index (χ0) is 17.6. The minimum absolute atomic E-state index is 0.155. The Kier molecular flexibility index (Phi) is 3.92. The number of rotatable bonds is 1. The lowest BCUT2D eigenvalue weighted by molar-refractivity contribution is 0.0359. The van der Waals surface area contributed by atoms with Crippen molar-refractivity contribution in [2.45, 2.75) is 32.2 Å². The first-order chi connectivity index (χ1) is 12.0. The molecule has 0 bridgehead atoms. The van der Waals surface area contributed by atoms with Crippen LogP contribution < -0.4 is 0 Å². The molecule has 2 aromatic carbocycles. The molecule has 1 saturated heterocycles. The van der Waals surface area contributed by atoms with Crippen LogP contribution in [0.4, 0.5) is 0 Å². The first-order valence-corrected chi connectivity index (χ1v) is 9.15. The van der Waals surface area contributed by atoms with Crippen LogP contribution in [0, 0.1) is 6.92 Å². The summed E-state index contributed by atoms with van der Waals surface area (Å²) in [6.07, 6.45) is 0. The van der Waals surface area contributed by atoms with E-state index in [-0.39, 0.29) is 11.3 Å². The summed E-state index contributed by atoms with van der Waals surface area (Å²) in [5.74, 6) is 0.155. The average Bonchev–Trinajstić information content (AvgIpc) is 2.61. The normalized spacial score (nSPS) is 22.2. The molecule has 2 aromatic rings. The van der Waals surface area contributed by atoms with E-state index in [9.17, 15) is 4.79 Å². The third-order valence-electron chi connectivity index (χ3n) is 5.72. The number of hydrogen-bond donors (Lipinski definition) is 0. The van der Waals surface area contributed by atoms with Gasteiger partial charge in [0.15, 0.2) is 0 Å². The molecule has 0 aromatic heterocycles. The Balaban J connectivity index is 1.62. The Morgan fingerprint density at radius 3 is 2.52 bits per heavy atom. The molecule has 3 nitrogen and oxygen atoms in total. The number of fused-ring (bicyclic) bond motifs is 3. The fourth-order valence-corrected chi connectivity index (χ4v) is 4.36. The van der Waals surface area contributed by atoms with Crippen LogP contribution in [0.25, 0.3) is 0 Å². The summed E-state index contributed by atoms with van der Waals surface area (Å²) >= 11 is 0. The summed E-state index contributed by atoms with van der Waals surface area (Å²) in [4.78, 5) is 17.5. The zero-order valence-corrected chi connectivity index (χ0v) is 15.3. The van der Waals surface area contributed by atoms with E-state index in [1.165, 1.54) is 16.7 Å². The average molecular weight is 334 g/mol. The van der Waals surface area contributed by atoms with Crippen molar-refractivity contribution in [3.05, 3.63) is 70.8 Å². The van der Waals surface area contributed by atoms with Crippen LogP contribution in [0.1, 0.15) is 46.9 Å². The third kappa shape index (κ3) is 2.87. The molecule has 0 radical (unpaired) electrons. The minimum Gasteiger partial charge on any atom is -0.335 e. The number of hydrogen-bond acceptors (Lipinski definition) is 2. The summed E-state index contributed by atoms with van der Waals surface area (Å²) in [7, 11) is 0. The lowest BCUT2D eigenvalue weighted by atomic mass is 9.75. The summed E-state index contributed by atoms with van der Waals surface area (Å²) in [5.41, 5.74) is 4.96. The number of amides is 1. The van der Waals surface area contributed by atoms with E-state index < -0.39 is 0 Å². The van der Waals surface area contributed by atoms with Gasteiger partial charge in [0.25, 0.3) is 5.91 Å². The Labute approximate surface area is 150 Å². The predicted octanol–water partition coefficient (Wildman–Crippen LogP) is 3.79. The van der Waals surface area contributed by atoms with Gasteiger partial charge in [-0.3, -0.25) is 9.69 Å². The maximum atomic E-state index is 12.9. The molecule has 130 valence electrons. The second-order valence-corrected chi connectivity index (χ2v) is 8.07. The largest absolute Gasteiger partial charge is 0.335 e. The van der Waals surface area contributed by atoms with Gasteiger partial charge in [0.05, 0.1) is 6.04 Å². The molecule has 0 N–H and O–H groups in total. The number of nitrogens with zero attached hydrogens (tertiary/aromatic N) is 2. The van der Waals surface area contributed by atoms with Gasteiger partial charge in [-0.05, 0) is 30.2 Å². The summed E-state index contributed by atoms with van der Waals surface area (Å²) in [6, 6.07) is 17.0. The highest BCUT2D eigenvalue weighted by Crippen LogP contribution is 2.41. The molecule has 0 aliphatic carbocycles. The van der Waals surface area contributed by atoms with E-state index in [0.717, 1.165) is 31.7 Å². The second kappa shape index (κ2) is 5.99. The molecule has 0 saturated carbocycles. The van der Waals surface area contributed by atoms with E-state index in [1.807, 2.05) is 36.1 Å². The van der Waals surface area contributed by atoms with E-state index in [0.29, 0.717) is 6.04 Å². The monoisotopic (exact) mass is 334 g/mol. The molecule has 0 spiro atoms. The first-order valence-electron chi connectivity index (χ1n) is 9.15. The molecule has 1 fully saturated rings. The summed E-state index contributed by atoms with van der Waals surface area (Å²) in [5, 5.41) is 0. The molecule has 2 heterocycles. The van der Waals surface area contributed by atoms with Gasteiger partial charge in [-0.2, -0.15) is 0 Å². The fraction of sp³-hybridized carbons (Fsp3) is 0.409. The van der Waals surface area contributed by atoms with E-state index >= 15 is 0 Å². The zero-order valence-electron chi connectivity index (χ0n) is 15.3. The molecule has 3 heteroatoms. The Hall–Kier alpha value is -2.13. The van der Waals surface area contributed by atoms with E-state index in [4.69, 9.17) is 0 Å². The van der Waals surface area contributed by atoms with Crippen LogP contribution >= 0.6 is 0 Å². The molecule has 4 rings (SSSR count). The van der Waals surface area contributed by atoms with Crippen LogP contribution in [-0.4, -0.2) is 41.9 Å². The molecule has 2 aliphatic heterocycles. The molecule has 1 amide bonds. The number of carbonyl (C=O) groups excluding carboxylic acids is 1. The SMILES string of the molecule is Cc1ccc(C(=O)N2CCN3CC(C)(C)c4ccccc4C3C2)cc1. The number of aryl methyl sites for hydroxylation is 1. The van der Waals surface area contributed by atoms with Crippen molar-refractivity contribution in [2.75, 3.05) is 26.2 Å². The molecule has 25 heavy (non-hydrogen) atoms. The Morgan fingerprint density at radius 2 is 1.76 bits per heavy atom. The van der Waals surface area contributed by atoms with Crippen molar-refractivity contribution < 1.29 is 4.79 Å². The summed E-state index contributed by atoms with van der Waals surface area (Å²) in [6.45, 7) is 10.3. The lowest BCUT2D eigenvalue weighted by Gasteiger charge is -2.50. The fourth-order valence-electron chi connectivity index (χ4n) is 4.36. The third-order valence-corrected chi connectivity index (χ3v) is 5.72. The first kappa shape index (κ1) is 16.3. The van der Waals surface area contributed by atoms with Crippen molar-refractivity contribution >= 4 is 5.91 Å². The van der Waals surface area contributed by atoms with Gasteiger partial charge in [0.2, 0.25) is 0 Å². The molecule has 1 atom stereocenters. The van der Waals surface area contributed by atoms with E-state index in [2.05, 4.69) is 43.0 Å². The maximum absolute atomic E-state index is 12.9. The van der Waals surface area contributed by atoms with Crippen molar-refractivity contribution in [2.24, 2.45) is 0 Å². The Bertz CT molecular complexity index is 794. The van der Waals surface area contributed by atoms with Gasteiger partial charge in [-0.25, -0.2) is 0 Å².